The third kappa shape index (κ3) is 4.97. The summed E-state index contributed by atoms with van der Waals surface area (Å²) < 4.78 is 0. The second kappa shape index (κ2) is 8.30. The highest BCUT2D eigenvalue weighted by Gasteiger charge is 2.15. The zero-order valence-corrected chi connectivity index (χ0v) is 12.6. The SMILES string of the molecule is Cl.O=C(CN1CCCC1)N/N=C/c1ccc(O)c([N+](=O)[O-])c1. The van der Waals surface area contributed by atoms with Gasteiger partial charge in [-0.05, 0) is 38.1 Å². The van der Waals surface area contributed by atoms with Crippen LogP contribution < -0.4 is 5.43 Å². The Balaban J connectivity index is 0.00000242. The Hall–Kier alpha value is -2.19. The van der Waals surface area contributed by atoms with Crippen molar-refractivity contribution in [3.8, 4) is 5.75 Å². The van der Waals surface area contributed by atoms with Crippen LogP contribution in [-0.2, 0) is 4.79 Å². The van der Waals surface area contributed by atoms with Crippen molar-refractivity contribution in [3.63, 3.8) is 0 Å². The average Bonchev–Trinajstić information content (AvgIpc) is 2.93. The molecule has 1 aromatic rings. The Bertz CT molecular complexity index is 573. The highest BCUT2D eigenvalue weighted by Crippen LogP contribution is 2.25. The van der Waals surface area contributed by atoms with E-state index in [1.807, 2.05) is 4.90 Å². The fraction of sp³-hybridized carbons (Fsp3) is 0.385. The number of amides is 1. The smallest absolute Gasteiger partial charge is 0.311 e. The van der Waals surface area contributed by atoms with Crippen LogP contribution in [0.3, 0.4) is 0 Å². The van der Waals surface area contributed by atoms with Crippen LogP contribution in [-0.4, -0.2) is 46.7 Å². The van der Waals surface area contributed by atoms with Crippen LogP contribution in [0.2, 0.25) is 0 Å². The second-order valence-corrected chi connectivity index (χ2v) is 4.78. The van der Waals surface area contributed by atoms with Crippen LogP contribution in [0.4, 0.5) is 5.69 Å². The molecule has 1 amide bonds. The minimum absolute atomic E-state index is 0. The van der Waals surface area contributed by atoms with E-state index in [-0.39, 0.29) is 18.3 Å². The number of carbonyl (C=O) groups excluding carboxylic acids is 1. The molecule has 120 valence electrons. The molecule has 0 atom stereocenters. The first-order valence-corrected chi connectivity index (χ1v) is 6.58. The number of halogens is 1. The largest absolute Gasteiger partial charge is 0.502 e. The van der Waals surface area contributed by atoms with Gasteiger partial charge in [-0.3, -0.25) is 19.8 Å². The predicted molar refractivity (Wildman–Crippen MR) is 83.4 cm³/mol. The van der Waals surface area contributed by atoms with Crippen molar-refractivity contribution in [2.75, 3.05) is 19.6 Å². The van der Waals surface area contributed by atoms with Gasteiger partial charge in [0.05, 0.1) is 17.7 Å². The third-order valence-electron chi connectivity index (χ3n) is 3.16. The fourth-order valence-electron chi connectivity index (χ4n) is 2.12. The van der Waals surface area contributed by atoms with Crippen LogP contribution in [0.5, 0.6) is 5.75 Å². The summed E-state index contributed by atoms with van der Waals surface area (Å²) in [7, 11) is 0. The van der Waals surface area contributed by atoms with Crippen molar-refractivity contribution in [2.24, 2.45) is 5.10 Å². The molecule has 9 heteroatoms. The van der Waals surface area contributed by atoms with E-state index in [0.29, 0.717) is 12.1 Å². The van der Waals surface area contributed by atoms with E-state index >= 15 is 0 Å². The lowest BCUT2D eigenvalue weighted by Gasteiger charge is -2.12. The molecule has 2 rings (SSSR count). The Morgan fingerprint density at radius 1 is 1.45 bits per heavy atom. The number of phenols is 1. The van der Waals surface area contributed by atoms with Crippen molar-refractivity contribution in [1.29, 1.82) is 0 Å². The number of nitro groups is 1. The summed E-state index contributed by atoms with van der Waals surface area (Å²) >= 11 is 0. The van der Waals surface area contributed by atoms with Gasteiger partial charge in [-0.15, -0.1) is 12.4 Å². The van der Waals surface area contributed by atoms with Crippen LogP contribution in [0, 0.1) is 10.1 Å². The van der Waals surface area contributed by atoms with Crippen LogP contribution >= 0.6 is 12.4 Å². The van der Waals surface area contributed by atoms with E-state index in [0.717, 1.165) is 25.9 Å². The van der Waals surface area contributed by atoms with E-state index in [1.54, 1.807) is 0 Å². The quantitative estimate of drug-likeness (QED) is 0.480. The summed E-state index contributed by atoms with van der Waals surface area (Å²) in [5.74, 6) is -0.628. The van der Waals surface area contributed by atoms with Gasteiger partial charge in [-0.2, -0.15) is 5.10 Å². The van der Waals surface area contributed by atoms with E-state index in [4.69, 9.17) is 0 Å². The highest BCUT2D eigenvalue weighted by molar-refractivity contribution is 5.85. The van der Waals surface area contributed by atoms with Gasteiger partial charge in [-0.25, -0.2) is 5.43 Å². The molecular formula is C13H17ClN4O4. The lowest BCUT2D eigenvalue weighted by molar-refractivity contribution is -0.385. The van der Waals surface area contributed by atoms with Crippen LogP contribution in [0.25, 0.3) is 0 Å². The molecule has 0 unspecified atom stereocenters. The summed E-state index contributed by atoms with van der Waals surface area (Å²) in [5, 5.41) is 23.8. The standard InChI is InChI=1S/C13H16N4O4.ClH/c18-12-4-3-10(7-11(12)17(20)21)8-14-15-13(19)9-16-5-1-2-6-16;/h3-4,7-8,18H,1-2,5-6,9H2,(H,15,19);1H/b14-8+;. The van der Waals surface area contributed by atoms with E-state index in [1.165, 1.54) is 24.4 Å². The Labute approximate surface area is 133 Å². The molecule has 1 fully saturated rings. The first-order valence-electron chi connectivity index (χ1n) is 6.58. The molecule has 22 heavy (non-hydrogen) atoms. The lowest BCUT2D eigenvalue weighted by Crippen LogP contribution is -2.33. The zero-order chi connectivity index (χ0) is 15.2. The maximum Gasteiger partial charge on any atom is 0.311 e. The summed E-state index contributed by atoms with van der Waals surface area (Å²) in [6.07, 6.45) is 3.51. The minimum atomic E-state index is -0.682. The number of nitrogens with zero attached hydrogens (tertiary/aromatic N) is 3. The topological polar surface area (TPSA) is 108 Å². The summed E-state index contributed by atoms with van der Waals surface area (Å²) in [6.45, 7) is 2.13. The van der Waals surface area contributed by atoms with Crippen LogP contribution in [0.15, 0.2) is 23.3 Å². The predicted octanol–water partition coefficient (Wildman–Crippen LogP) is 1.27. The monoisotopic (exact) mass is 328 g/mol. The highest BCUT2D eigenvalue weighted by atomic mass is 35.5. The van der Waals surface area contributed by atoms with Gasteiger partial charge in [0.25, 0.3) is 5.91 Å². The van der Waals surface area contributed by atoms with Gasteiger partial charge < -0.3 is 5.11 Å². The number of hydrazone groups is 1. The number of carbonyl (C=O) groups is 1. The molecule has 0 aromatic heterocycles. The molecule has 1 aliphatic heterocycles. The number of benzene rings is 1. The van der Waals surface area contributed by atoms with Crippen molar-refractivity contribution in [3.05, 3.63) is 33.9 Å². The number of aromatic hydroxyl groups is 1. The number of hydrogen-bond acceptors (Lipinski definition) is 6. The van der Waals surface area contributed by atoms with Gasteiger partial charge in [0.15, 0.2) is 5.75 Å². The number of hydrogen-bond donors (Lipinski definition) is 2. The Kier molecular flexibility index (Phi) is 6.74. The van der Waals surface area contributed by atoms with Crippen molar-refractivity contribution >= 4 is 30.2 Å². The van der Waals surface area contributed by atoms with Gasteiger partial charge >= 0.3 is 5.69 Å². The molecular weight excluding hydrogens is 312 g/mol. The average molecular weight is 329 g/mol. The molecule has 1 aliphatic rings. The molecule has 1 aromatic carbocycles. The maximum absolute atomic E-state index is 11.6. The van der Waals surface area contributed by atoms with E-state index in [9.17, 15) is 20.0 Å². The molecule has 0 saturated carbocycles. The second-order valence-electron chi connectivity index (χ2n) is 4.78. The Morgan fingerprint density at radius 2 is 2.14 bits per heavy atom. The zero-order valence-electron chi connectivity index (χ0n) is 11.8. The van der Waals surface area contributed by atoms with Crippen molar-refractivity contribution in [2.45, 2.75) is 12.8 Å². The molecule has 0 spiro atoms. The molecule has 0 radical (unpaired) electrons. The summed E-state index contributed by atoms with van der Waals surface area (Å²) in [4.78, 5) is 23.6. The van der Waals surface area contributed by atoms with Gasteiger partial charge in [0, 0.05) is 11.6 Å². The number of rotatable bonds is 5. The molecule has 0 bridgehead atoms. The van der Waals surface area contributed by atoms with Crippen molar-refractivity contribution < 1.29 is 14.8 Å². The summed E-state index contributed by atoms with van der Waals surface area (Å²) in [6, 6.07) is 3.87. The number of nitrogens with one attached hydrogen (secondary N) is 1. The molecule has 0 aliphatic carbocycles. The number of nitro benzene ring substituents is 1. The van der Waals surface area contributed by atoms with Gasteiger partial charge in [0.1, 0.15) is 0 Å². The molecule has 8 nitrogen and oxygen atoms in total. The minimum Gasteiger partial charge on any atom is -0.502 e. The molecule has 2 N–H and O–H groups in total. The van der Waals surface area contributed by atoms with E-state index in [2.05, 4.69) is 10.5 Å². The molecule has 1 heterocycles. The maximum atomic E-state index is 11.6. The first-order chi connectivity index (χ1) is 10.1. The summed E-state index contributed by atoms with van der Waals surface area (Å²) in [5.41, 5.74) is 2.39. The number of phenolic OH excluding ortho intramolecular Hbond substituents is 1. The normalized spacial score (nSPS) is 14.7. The van der Waals surface area contributed by atoms with Gasteiger partial charge in [0.2, 0.25) is 0 Å². The number of likely N-dealkylation sites (tertiary alicyclic amines) is 1. The van der Waals surface area contributed by atoms with Crippen molar-refractivity contribution in [1.82, 2.24) is 10.3 Å². The van der Waals surface area contributed by atoms with Crippen LogP contribution in [0.1, 0.15) is 18.4 Å². The fourth-order valence-corrected chi connectivity index (χ4v) is 2.12. The van der Waals surface area contributed by atoms with E-state index < -0.39 is 16.4 Å². The molecule has 1 saturated heterocycles. The van der Waals surface area contributed by atoms with Gasteiger partial charge in [-0.1, -0.05) is 0 Å². The Morgan fingerprint density at radius 3 is 2.77 bits per heavy atom. The lowest BCUT2D eigenvalue weighted by atomic mass is 10.2. The first kappa shape index (κ1) is 17.9. The third-order valence-corrected chi connectivity index (χ3v) is 3.16.